The molecule has 2 fully saturated rings. The Labute approximate surface area is 192 Å². The lowest BCUT2D eigenvalue weighted by Gasteiger charge is -2.28. The Balaban J connectivity index is 1.21. The van der Waals surface area contributed by atoms with E-state index in [1.807, 2.05) is 12.1 Å². The van der Waals surface area contributed by atoms with Gasteiger partial charge in [-0.3, -0.25) is 19.3 Å². The first kappa shape index (κ1) is 21.6. The third-order valence-corrected chi connectivity index (χ3v) is 6.41. The molecule has 3 aliphatic rings. The third-order valence-electron chi connectivity index (χ3n) is 6.41. The summed E-state index contributed by atoms with van der Waals surface area (Å²) in [7, 11) is 0. The number of amides is 3. The van der Waals surface area contributed by atoms with Gasteiger partial charge in [-0.15, -0.1) is 0 Å². The first-order valence-corrected chi connectivity index (χ1v) is 11.4. The summed E-state index contributed by atoms with van der Waals surface area (Å²) in [4.78, 5) is 41.7. The molecule has 1 unspecified atom stereocenters. The molecule has 2 aromatic carbocycles. The second kappa shape index (κ2) is 9.33. The van der Waals surface area contributed by atoms with E-state index in [4.69, 9.17) is 9.47 Å². The normalized spacial score (nSPS) is 20.3. The van der Waals surface area contributed by atoms with Crippen LogP contribution in [0.1, 0.15) is 49.5 Å². The number of nitrogens with one attached hydrogen (secondary N) is 1. The molecule has 8 heteroatoms. The van der Waals surface area contributed by atoms with Crippen molar-refractivity contribution in [2.24, 2.45) is 0 Å². The highest BCUT2D eigenvalue weighted by atomic mass is 16.5. The maximum absolute atomic E-state index is 12.8. The summed E-state index contributed by atoms with van der Waals surface area (Å²) in [5.74, 6) is -0.968. The number of ether oxygens (including phenoxy) is 2. The number of hydrogen-bond acceptors (Lipinski definition) is 6. The number of carbonyl (C=O) groups excluding carboxylic acids is 3. The van der Waals surface area contributed by atoms with E-state index in [0.29, 0.717) is 24.3 Å². The minimum Gasteiger partial charge on any atom is -0.378 e. The highest BCUT2D eigenvalue weighted by Gasteiger charge is 2.37. The van der Waals surface area contributed by atoms with Gasteiger partial charge in [0, 0.05) is 37.5 Å². The Morgan fingerprint density at radius 3 is 2.45 bits per heavy atom. The summed E-state index contributed by atoms with van der Waals surface area (Å²) in [6, 6.07) is 12.8. The minimum atomic E-state index is -0.362. The molecule has 3 aliphatic heterocycles. The Kier molecular flexibility index (Phi) is 6.11. The van der Waals surface area contributed by atoms with Gasteiger partial charge < -0.3 is 19.7 Å². The molecule has 1 N–H and O–H groups in total. The van der Waals surface area contributed by atoms with Crippen molar-refractivity contribution in [1.82, 2.24) is 10.2 Å². The molecule has 2 aromatic rings. The maximum atomic E-state index is 12.8. The van der Waals surface area contributed by atoms with Gasteiger partial charge in [-0.1, -0.05) is 12.1 Å². The van der Waals surface area contributed by atoms with Crippen LogP contribution in [0, 0.1) is 0 Å². The monoisotopic (exact) mass is 449 g/mol. The van der Waals surface area contributed by atoms with Crippen LogP contribution in [0.25, 0.3) is 0 Å². The highest BCUT2D eigenvalue weighted by molar-refractivity contribution is 6.22. The van der Waals surface area contributed by atoms with Crippen LogP contribution < -0.4 is 10.2 Å². The number of imide groups is 1. The number of carbonyl (C=O) groups is 3. The van der Waals surface area contributed by atoms with E-state index < -0.39 is 0 Å². The SMILES string of the molecule is O=C(NCc1ccc(N2CCOCC2)cc1)c1ccc2c(c1)C(=O)N(CC1CCCO1)C2=O. The first-order chi connectivity index (χ1) is 16.1. The summed E-state index contributed by atoms with van der Waals surface area (Å²) in [6.07, 6.45) is 1.67. The second-order valence-electron chi connectivity index (χ2n) is 8.56. The van der Waals surface area contributed by atoms with Crippen molar-refractivity contribution in [3.8, 4) is 0 Å². The largest absolute Gasteiger partial charge is 0.378 e. The predicted octanol–water partition coefficient (Wildman–Crippen LogP) is 2.23. The molecule has 2 saturated heterocycles. The Bertz CT molecular complexity index is 1060. The lowest BCUT2D eigenvalue weighted by molar-refractivity contribution is 0.0475. The molecule has 3 amide bonds. The van der Waals surface area contributed by atoms with Crippen molar-refractivity contribution in [3.63, 3.8) is 0 Å². The van der Waals surface area contributed by atoms with Gasteiger partial charge in [-0.2, -0.15) is 0 Å². The zero-order valence-electron chi connectivity index (χ0n) is 18.4. The average Bonchev–Trinajstić information content (AvgIpc) is 3.46. The van der Waals surface area contributed by atoms with Gasteiger partial charge in [-0.05, 0) is 48.7 Å². The van der Waals surface area contributed by atoms with E-state index in [2.05, 4.69) is 22.3 Å². The van der Waals surface area contributed by atoms with Crippen LogP contribution in [0.4, 0.5) is 5.69 Å². The topological polar surface area (TPSA) is 88.2 Å². The van der Waals surface area contributed by atoms with Gasteiger partial charge in [0.2, 0.25) is 0 Å². The molecule has 0 spiro atoms. The zero-order chi connectivity index (χ0) is 22.8. The highest BCUT2D eigenvalue weighted by Crippen LogP contribution is 2.26. The number of anilines is 1. The molecule has 0 aromatic heterocycles. The van der Waals surface area contributed by atoms with Gasteiger partial charge in [0.15, 0.2) is 0 Å². The van der Waals surface area contributed by atoms with Crippen LogP contribution >= 0.6 is 0 Å². The molecule has 0 radical (unpaired) electrons. The van der Waals surface area contributed by atoms with E-state index in [9.17, 15) is 14.4 Å². The van der Waals surface area contributed by atoms with Crippen molar-refractivity contribution < 1.29 is 23.9 Å². The Morgan fingerprint density at radius 1 is 0.970 bits per heavy atom. The number of hydrogen-bond donors (Lipinski definition) is 1. The number of rotatable bonds is 6. The lowest BCUT2D eigenvalue weighted by atomic mass is 10.1. The van der Waals surface area contributed by atoms with Gasteiger partial charge in [0.1, 0.15) is 0 Å². The van der Waals surface area contributed by atoms with Crippen molar-refractivity contribution in [1.29, 1.82) is 0 Å². The van der Waals surface area contributed by atoms with E-state index in [-0.39, 0.29) is 35.9 Å². The summed E-state index contributed by atoms with van der Waals surface area (Å²) in [5.41, 5.74) is 3.10. The number of morpholine rings is 1. The summed E-state index contributed by atoms with van der Waals surface area (Å²) < 4.78 is 11.0. The Hall–Kier alpha value is -3.23. The fourth-order valence-corrected chi connectivity index (χ4v) is 4.52. The van der Waals surface area contributed by atoms with Crippen LogP contribution in [0.5, 0.6) is 0 Å². The standard InChI is InChI=1S/C25H27N3O5/c29-23(26-15-17-3-6-19(7-4-17)27-9-12-32-13-10-27)18-5-8-21-22(14-18)25(31)28(24(21)30)16-20-2-1-11-33-20/h3-8,14,20H,1-2,9-13,15-16H2,(H,26,29). The lowest BCUT2D eigenvalue weighted by Crippen LogP contribution is -2.36. The first-order valence-electron chi connectivity index (χ1n) is 11.4. The molecule has 0 saturated carbocycles. The quantitative estimate of drug-likeness (QED) is 0.681. The summed E-state index contributed by atoms with van der Waals surface area (Å²) in [6.45, 7) is 4.51. The number of nitrogens with zero attached hydrogens (tertiary/aromatic N) is 2. The van der Waals surface area contributed by atoms with Crippen LogP contribution in [0.3, 0.4) is 0 Å². The molecule has 0 aliphatic carbocycles. The zero-order valence-corrected chi connectivity index (χ0v) is 18.4. The van der Waals surface area contributed by atoms with Crippen molar-refractivity contribution in [2.75, 3.05) is 44.4 Å². The third kappa shape index (κ3) is 4.49. The fourth-order valence-electron chi connectivity index (χ4n) is 4.52. The predicted molar refractivity (Wildman–Crippen MR) is 121 cm³/mol. The smallest absolute Gasteiger partial charge is 0.261 e. The molecule has 0 bridgehead atoms. The molecular formula is C25H27N3O5. The van der Waals surface area contributed by atoms with Crippen LogP contribution in [0.2, 0.25) is 0 Å². The molecule has 33 heavy (non-hydrogen) atoms. The second-order valence-corrected chi connectivity index (χ2v) is 8.56. The molecule has 8 nitrogen and oxygen atoms in total. The van der Waals surface area contributed by atoms with E-state index >= 15 is 0 Å². The van der Waals surface area contributed by atoms with Gasteiger partial charge in [0.25, 0.3) is 17.7 Å². The van der Waals surface area contributed by atoms with E-state index in [1.165, 1.54) is 11.0 Å². The van der Waals surface area contributed by atoms with Crippen LogP contribution in [-0.4, -0.2) is 68.2 Å². The van der Waals surface area contributed by atoms with Gasteiger partial charge in [0.05, 0.1) is 37.0 Å². The molecule has 1 atom stereocenters. The molecular weight excluding hydrogens is 422 g/mol. The van der Waals surface area contributed by atoms with Crippen molar-refractivity contribution in [3.05, 3.63) is 64.7 Å². The molecule has 5 rings (SSSR count). The number of fused-ring (bicyclic) bond motifs is 1. The molecule has 3 heterocycles. The fraction of sp³-hybridized carbons (Fsp3) is 0.400. The van der Waals surface area contributed by atoms with Crippen LogP contribution in [-0.2, 0) is 16.0 Å². The summed E-state index contributed by atoms with van der Waals surface area (Å²) >= 11 is 0. The van der Waals surface area contributed by atoms with Crippen molar-refractivity contribution in [2.45, 2.75) is 25.5 Å². The van der Waals surface area contributed by atoms with Gasteiger partial charge >= 0.3 is 0 Å². The number of benzene rings is 2. The minimum absolute atomic E-state index is 0.107. The van der Waals surface area contributed by atoms with Crippen LogP contribution in [0.15, 0.2) is 42.5 Å². The van der Waals surface area contributed by atoms with E-state index in [0.717, 1.165) is 50.4 Å². The maximum Gasteiger partial charge on any atom is 0.261 e. The van der Waals surface area contributed by atoms with Gasteiger partial charge in [-0.25, -0.2) is 0 Å². The van der Waals surface area contributed by atoms with E-state index in [1.54, 1.807) is 12.1 Å². The average molecular weight is 450 g/mol. The summed E-state index contributed by atoms with van der Waals surface area (Å²) in [5, 5.41) is 2.90. The van der Waals surface area contributed by atoms with Crippen molar-refractivity contribution >= 4 is 23.4 Å². The Morgan fingerprint density at radius 2 is 1.73 bits per heavy atom. The molecule has 172 valence electrons.